The predicted octanol–water partition coefficient (Wildman–Crippen LogP) is 3.36. The summed E-state index contributed by atoms with van der Waals surface area (Å²) in [5.74, 6) is -12.6. The smallest absolute Gasteiger partial charge is 0.283 e. The molecule has 0 unspecified atom stereocenters. The van der Waals surface area contributed by atoms with Crippen LogP contribution in [0.2, 0.25) is 0 Å². The van der Waals surface area contributed by atoms with E-state index in [1.165, 1.54) is 0 Å². The Balaban J connectivity index is 3.71. The summed E-state index contributed by atoms with van der Waals surface area (Å²) >= 11 is 0. The Hall–Kier alpha value is -1.67. The monoisotopic (exact) mass is 277 g/mol. The molecule has 0 aliphatic heterocycles. The molecule has 0 bridgehead atoms. The molecule has 1 aromatic carbocycles. The first kappa shape index (κ1) is 14.4. The third-order valence-electron chi connectivity index (χ3n) is 1.94. The van der Waals surface area contributed by atoms with Gasteiger partial charge in [0.2, 0.25) is 5.82 Å². The minimum Gasteiger partial charge on any atom is -0.283 e. The van der Waals surface area contributed by atoms with Crippen LogP contribution in [-0.2, 0) is 0 Å². The summed E-state index contributed by atoms with van der Waals surface area (Å²) in [4.78, 5) is 2.52. The van der Waals surface area contributed by atoms with Crippen molar-refractivity contribution in [3.8, 4) is 0 Å². The molecule has 0 amide bonds. The van der Waals surface area contributed by atoms with Crippen molar-refractivity contribution < 1.29 is 35.1 Å². The number of aliphatic imine (C=N–C) groups is 1. The third kappa shape index (κ3) is 2.16. The number of rotatable bonds is 1. The van der Waals surface area contributed by atoms with Crippen LogP contribution in [0.5, 0.6) is 0 Å². The van der Waals surface area contributed by atoms with Gasteiger partial charge in [0.25, 0.3) is 0 Å². The highest BCUT2D eigenvalue weighted by atomic mass is 19.4. The van der Waals surface area contributed by atoms with Gasteiger partial charge in [0.1, 0.15) is 0 Å². The van der Waals surface area contributed by atoms with Crippen LogP contribution >= 0.6 is 0 Å². The lowest BCUT2D eigenvalue weighted by atomic mass is 10.1. The van der Waals surface area contributed by atoms with E-state index in [-0.39, 0.29) is 0 Å². The van der Waals surface area contributed by atoms with Crippen molar-refractivity contribution >= 4 is 5.71 Å². The van der Waals surface area contributed by atoms with Crippen LogP contribution in [-0.4, -0.2) is 18.9 Å². The van der Waals surface area contributed by atoms with Crippen LogP contribution in [0.1, 0.15) is 5.56 Å². The fourth-order valence-corrected chi connectivity index (χ4v) is 1.19. The average molecular weight is 277 g/mol. The molecule has 0 saturated carbocycles. The number of hydrogen-bond donors (Lipinski definition) is 0. The molecule has 0 aliphatic rings. The molecule has 0 aliphatic carbocycles. The van der Waals surface area contributed by atoms with Gasteiger partial charge in [-0.2, -0.15) is 13.2 Å². The van der Waals surface area contributed by atoms with Gasteiger partial charge in [-0.15, -0.1) is 0 Å². The summed E-state index contributed by atoms with van der Waals surface area (Å²) in [6.07, 6.45) is -5.35. The Bertz CT molecular complexity index is 487. The quantitative estimate of drug-likeness (QED) is 0.323. The molecule has 0 atom stereocenters. The topological polar surface area (TPSA) is 12.4 Å². The van der Waals surface area contributed by atoms with Gasteiger partial charge in [0, 0.05) is 7.05 Å². The van der Waals surface area contributed by atoms with Crippen molar-refractivity contribution in [2.75, 3.05) is 7.05 Å². The van der Waals surface area contributed by atoms with E-state index in [1.807, 2.05) is 0 Å². The van der Waals surface area contributed by atoms with Gasteiger partial charge < -0.3 is 0 Å². The van der Waals surface area contributed by atoms with E-state index in [4.69, 9.17) is 0 Å². The summed E-state index contributed by atoms with van der Waals surface area (Å²) in [6.45, 7) is 0. The highest BCUT2D eigenvalue weighted by Gasteiger charge is 2.42. The molecule has 0 N–H and O–H groups in total. The van der Waals surface area contributed by atoms with Crippen molar-refractivity contribution in [3.63, 3.8) is 0 Å². The maximum atomic E-state index is 13.1. The number of benzene rings is 1. The van der Waals surface area contributed by atoms with Crippen molar-refractivity contribution in [2.45, 2.75) is 6.18 Å². The van der Waals surface area contributed by atoms with Gasteiger partial charge in [-0.25, -0.2) is 22.0 Å². The van der Waals surface area contributed by atoms with Crippen LogP contribution < -0.4 is 0 Å². The summed E-state index contributed by atoms with van der Waals surface area (Å²) in [5.41, 5.74) is -4.28. The Kier molecular flexibility index (Phi) is 3.63. The second-order valence-electron chi connectivity index (χ2n) is 3.01. The Morgan fingerprint density at radius 2 is 1.11 bits per heavy atom. The SMILES string of the molecule is C/N=C(/c1c(F)c(F)c(F)c(F)c1F)C(F)(F)F. The third-order valence-corrected chi connectivity index (χ3v) is 1.94. The highest BCUT2D eigenvalue weighted by molar-refractivity contribution is 6.05. The van der Waals surface area contributed by atoms with E-state index >= 15 is 0 Å². The van der Waals surface area contributed by atoms with Crippen molar-refractivity contribution in [1.29, 1.82) is 0 Å². The minimum atomic E-state index is -5.35. The molecule has 0 fully saturated rings. The molecule has 0 spiro atoms. The molecule has 18 heavy (non-hydrogen) atoms. The number of nitrogens with zero attached hydrogens (tertiary/aromatic N) is 1. The zero-order chi connectivity index (χ0) is 14.2. The molecular weight excluding hydrogens is 274 g/mol. The minimum absolute atomic E-state index is 0.515. The molecule has 0 heterocycles. The summed E-state index contributed by atoms with van der Waals surface area (Å²) in [5, 5.41) is 0. The zero-order valence-electron chi connectivity index (χ0n) is 8.47. The Morgan fingerprint density at radius 1 is 0.778 bits per heavy atom. The van der Waals surface area contributed by atoms with Crippen LogP contribution in [0.25, 0.3) is 0 Å². The molecular formula is C9H3F8N. The Morgan fingerprint density at radius 3 is 1.39 bits per heavy atom. The highest BCUT2D eigenvalue weighted by Crippen LogP contribution is 2.29. The lowest BCUT2D eigenvalue weighted by Gasteiger charge is -2.13. The fourth-order valence-electron chi connectivity index (χ4n) is 1.19. The first-order chi connectivity index (χ1) is 8.12. The number of hydrogen-bond acceptors (Lipinski definition) is 1. The maximum Gasteiger partial charge on any atom is 0.433 e. The molecule has 0 saturated heterocycles. The maximum absolute atomic E-state index is 13.1. The van der Waals surface area contributed by atoms with E-state index in [9.17, 15) is 35.1 Å². The fraction of sp³-hybridized carbons (Fsp3) is 0.222. The van der Waals surface area contributed by atoms with Crippen LogP contribution in [0.15, 0.2) is 4.99 Å². The first-order valence-electron chi connectivity index (χ1n) is 4.18. The van der Waals surface area contributed by atoms with Gasteiger partial charge in [-0.3, -0.25) is 4.99 Å². The lowest BCUT2D eigenvalue weighted by molar-refractivity contribution is -0.0584. The van der Waals surface area contributed by atoms with Gasteiger partial charge in [-0.05, 0) is 0 Å². The molecule has 100 valence electrons. The molecule has 0 aromatic heterocycles. The summed E-state index contributed by atoms with van der Waals surface area (Å²) < 4.78 is 101. The molecule has 1 aromatic rings. The molecule has 1 rings (SSSR count). The summed E-state index contributed by atoms with van der Waals surface area (Å²) in [6, 6.07) is 0. The number of halogens is 8. The van der Waals surface area contributed by atoms with Gasteiger partial charge >= 0.3 is 6.18 Å². The van der Waals surface area contributed by atoms with Gasteiger partial charge in [-0.1, -0.05) is 0 Å². The molecule has 9 heteroatoms. The average Bonchev–Trinajstić information content (AvgIpc) is 2.27. The summed E-state index contributed by atoms with van der Waals surface area (Å²) in [7, 11) is 0.515. The molecule has 1 nitrogen and oxygen atoms in total. The lowest BCUT2D eigenvalue weighted by Crippen LogP contribution is -2.27. The van der Waals surface area contributed by atoms with Crippen molar-refractivity contribution in [2.24, 2.45) is 4.99 Å². The predicted molar refractivity (Wildman–Crippen MR) is 44.7 cm³/mol. The standard InChI is InChI=1S/C9H3F8N/c1-18-8(9(15,16)17)2-3(10)5(12)7(14)6(13)4(2)11/h1H3/b18-8-. The van der Waals surface area contributed by atoms with Gasteiger partial charge in [0.05, 0.1) is 5.56 Å². The first-order valence-corrected chi connectivity index (χ1v) is 4.18. The largest absolute Gasteiger partial charge is 0.433 e. The van der Waals surface area contributed by atoms with Crippen LogP contribution in [0, 0.1) is 29.1 Å². The van der Waals surface area contributed by atoms with Crippen molar-refractivity contribution in [3.05, 3.63) is 34.6 Å². The van der Waals surface area contributed by atoms with Crippen LogP contribution in [0.3, 0.4) is 0 Å². The van der Waals surface area contributed by atoms with E-state index in [2.05, 4.69) is 4.99 Å². The number of alkyl halides is 3. The van der Waals surface area contributed by atoms with E-state index in [0.29, 0.717) is 7.05 Å². The van der Waals surface area contributed by atoms with E-state index < -0.39 is 46.5 Å². The van der Waals surface area contributed by atoms with Crippen molar-refractivity contribution in [1.82, 2.24) is 0 Å². The van der Waals surface area contributed by atoms with Gasteiger partial charge in [0.15, 0.2) is 29.0 Å². The van der Waals surface area contributed by atoms with E-state index in [0.717, 1.165) is 0 Å². The second-order valence-corrected chi connectivity index (χ2v) is 3.01. The zero-order valence-corrected chi connectivity index (χ0v) is 8.47. The normalized spacial score (nSPS) is 13.1. The van der Waals surface area contributed by atoms with E-state index in [1.54, 1.807) is 0 Å². The molecule has 0 radical (unpaired) electrons. The Labute approximate surface area is 94.7 Å². The van der Waals surface area contributed by atoms with Crippen LogP contribution in [0.4, 0.5) is 35.1 Å². The second kappa shape index (κ2) is 4.54.